The number of ether oxygens (including phenoxy) is 2. The van der Waals surface area contributed by atoms with Crippen LogP contribution in [0, 0.1) is 38.2 Å². The summed E-state index contributed by atoms with van der Waals surface area (Å²) in [5.74, 6) is 2.69. The first kappa shape index (κ1) is 43.5. The highest BCUT2D eigenvalue weighted by molar-refractivity contribution is 8.25. The predicted octanol–water partition coefficient (Wildman–Crippen LogP) is 9.95. The van der Waals surface area contributed by atoms with E-state index in [1.54, 1.807) is 30.0 Å². The summed E-state index contributed by atoms with van der Waals surface area (Å²) in [7, 11) is -2.85. The SMILES string of the molecule is CC1CNc2ncc(Oc3cc(N4CCN(CC5=C(C67CC(C(C)C)(C6)C7)CC(C)(C)CC5)CC4)ccc3C(=O)NS3(c4ccc(NCC5CCOCC5)c([N+](=O)[O-])c4)OCO3)cc21. The normalized spacial score (nSPS) is 27.7. The van der Waals surface area contributed by atoms with Crippen LogP contribution in [0.5, 0.6) is 11.5 Å². The van der Waals surface area contributed by atoms with Crippen LogP contribution in [0.3, 0.4) is 0 Å². The number of piperazine rings is 1. The number of pyridine rings is 1. The van der Waals surface area contributed by atoms with Crippen LogP contribution in [-0.2, 0) is 13.1 Å². The van der Waals surface area contributed by atoms with Crippen LogP contribution in [0.2, 0.25) is 0 Å². The molecule has 0 radical (unpaired) electrons. The molecule has 3 N–H and O–H groups in total. The van der Waals surface area contributed by atoms with Gasteiger partial charge in [0.2, 0.25) is 0 Å². The van der Waals surface area contributed by atoms with Crippen LogP contribution in [0.25, 0.3) is 0 Å². The lowest BCUT2D eigenvalue weighted by molar-refractivity contribution is -0.384. The molecule has 6 fully saturated rings. The second-order valence-corrected chi connectivity index (χ2v) is 23.0. The van der Waals surface area contributed by atoms with Crippen molar-refractivity contribution in [1.29, 1.82) is 0 Å². The highest BCUT2D eigenvalue weighted by Crippen LogP contribution is 2.80. The topological polar surface area (TPSA) is 153 Å². The van der Waals surface area contributed by atoms with Crippen molar-refractivity contribution < 1.29 is 27.6 Å². The highest BCUT2D eigenvalue weighted by atomic mass is 32.3. The zero-order chi connectivity index (χ0) is 44.4. The van der Waals surface area contributed by atoms with Crippen LogP contribution in [0.15, 0.2) is 64.7 Å². The summed E-state index contributed by atoms with van der Waals surface area (Å²) >= 11 is 0. The number of hydrogen-bond acceptors (Lipinski definition) is 12. The molecule has 1 unspecified atom stereocenters. The van der Waals surface area contributed by atoms with Crippen LogP contribution in [-0.4, -0.2) is 86.5 Å². The standard InChI is InChI=1S/C49H65N7O7S/c1-32(2)48-28-49(29-48,30-48)41-23-47(4,5)13-10-35(41)27-54-14-16-55(17-15-54)36-6-8-39(44(20-36)63-37-21-40-33(3)24-51-45(40)52-26-37)46(57)53-64(61-31-62-64)38-7-9-42(43(22-38)56(58)59)50-25-34-11-18-60-19-12-34/h6-9,20-22,26,32-34,50H,10-19,23-25,27-31H2,1-5H3,(H,51,52)(H,53,57). The van der Waals surface area contributed by atoms with Crippen molar-refractivity contribution in [2.24, 2.45) is 28.1 Å². The smallest absolute Gasteiger partial charge is 0.294 e. The van der Waals surface area contributed by atoms with Gasteiger partial charge in [-0.05, 0) is 110 Å². The largest absolute Gasteiger partial charge is 0.455 e. The molecular formula is C49H65N7O7S. The van der Waals surface area contributed by atoms with Gasteiger partial charge < -0.3 is 25.0 Å². The first-order chi connectivity index (χ1) is 30.7. The van der Waals surface area contributed by atoms with Crippen molar-refractivity contribution >= 4 is 39.6 Å². The number of allylic oxidation sites excluding steroid dienone is 1. The first-order valence-electron chi connectivity index (χ1n) is 23.5. The first-order valence-corrected chi connectivity index (χ1v) is 25.0. The molecule has 4 aliphatic carbocycles. The molecular weight excluding hydrogens is 831 g/mol. The number of benzene rings is 2. The van der Waals surface area contributed by atoms with E-state index in [1.807, 2.05) is 23.8 Å². The maximum absolute atomic E-state index is 14.4. The zero-order valence-electron chi connectivity index (χ0n) is 38.1. The van der Waals surface area contributed by atoms with Crippen molar-refractivity contribution in [3.63, 3.8) is 0 Å². The monoisotopic (exact) mass is 895 g/mol. The van der Waals surface area contributed by atoms with Crippen molar-refractivity contribution in [2.45, 2.75) is 96.8 Å². The van der Waals surface area contributed by atoms with Gasteiger partial charge in [0, 0.05) is 88.3 Å². The van der Waals surface area contributed by atoms with Crippen LogP contribution < -0.4 is 25.0 Å². The Labute approximate surface area is 379 Å². The van der Waals surface area contributed by atoms with Gasteiger partial charge in [0.05, 0.1) is 21.6 Å². The van der Waals surface area contributed by atoms with Gasteiger partial charge >= 0.3 is 0 Å². The number of hydrogen-bond donors (Lipinski definition) is 3. The Hall–Kier alpha value is -4.41. The Kier molecular flexibility index (Phi) is 11.4. The van der Waals surface area contributed by atoms with E-state index in [-0.39, 0.29) is 24.0 Å². The third-order valence-electron chi connectivity index (χ3n) is 15.8. The molecule has 3 aromatic rings. The molecule has 2 bridgehead atoms. The number of aromatic nitrogens is 1. The lowest BCUT2D eigenvalue weighted by Crippen LogP contribution is -2.65. The van der Waals surface area contributed by atoms with Crippen molar-refractivity contribution in [1.82, 2.24) is 14.6 Å². The minimum atomic E-state index is -2.85. The summed E-state index contributed by atoms with van der Waals surface area (Å²) in [4.78, 5) is 36.4. The summed E-state index contributed by atoms with van der Waals surface area (Å²) in [6, 6.07) is 12.6. The van der Waals surface area contributed by atoms with E-state index in [4.69, 9.17) is 17.8 Å². The number of nitro benzene ring substituents is 1. The minimum absolute atomic E-state index is 0.0509. The van der Waals surface area contributed by atoms with Gasteiger partial charge in [0.25, 0.3) is 11.6 Å². The van der Waals surface area contributed by atoms with Crippen LogP contribution in [0.1, 0.15) is 108 Å². The second-order valence-electron chi connectivity index (χ2n) is 20.8. The Bertz CT molecular complexity index is 2320. The molecule has 11 rings (SSSR count). The second kappa shape index (κ2) is 16.8. The summed E-state index contributed by atoms with van der Waals surface area (Å²) in [5, 5.41) is 19.0. The van der Waals surface area contributed by atoms with Crippen LogP contribution >= 0.6 is 10.8 Å². The fourth-order valence-corrected chi connectivity index (χ4v) is 13.2. The van der Waals surface area contributed by atoms with E-state index >= 15 is 0 Å². The molecule has 8 aliphatic rings. The van der Waals surface area contributed by atoms with E-state index in [2.05, 4.69) is 64.8 Å². The Morgan fingerprint density at radius 3 is 2.53 bits per heavy atom. The number of nitro groups is 1. The summed E-state index contributed by atoms with van der Waals surface area (Å²) < 4.78 is 27.1. The quantitative estimate of drug-likeness (QED) is 0.0802. The Morgan fingerprint density at radius 1 is 1.06 bits per heavy atom. The van der Waals surface area contributed by atoms with Gasteiger partial charge in [-0.2, -0.15) is 0 Å². The van der Waals surface area contributed by atoms with Gasteiger partial charge in [0.1, 0.15) is 23.0 Å². The van der Waals surface area contributed by atoms with Gasteiger partial charge in [-0.1, -0.05) is 56.5 Å². The van der Waals surface area contributed by atoms with Gasteiger partial charge in [-0.25, -0.2) is 18.1 Å². The number of fused-ring (bicyclic) bond motifs is 1. The number of nitrogens with one attached hydrogen (secondary N) is 3. The van der Waals surface area contributed by atoms with Crippen molar-refractivity contribution in [3.05, 3.63) is 81.0 Å². The van der Waals surface area contributed by atoms with Crippen molar-refractivity contribution in [2.75, 3.05) is 81.4 Å². The molecule has 64 heavy (non-hydrogen) atoms. The van der Waals surface area contributed by atoms with Crippen LogP contribution in [0.4, 0.5) is 22.9 Å². The maximum atomic E-state index is 14.4. The summed E-state index contributed by atoms with van der Waals surface area (Å²) in [6.07, 6.45) is 11.4. The molecule has 1 atom stereocenters. The number of amides is 1. The molecule has 4 aliphatic heterocycles. The highest BCUT2D eigenvalue weighted by Gasteiger charge is 2.70. The van der Waals surface area contributed by atoms with Gasteiger partial charge in [0.15, 0.2) is 6.79 Å². The Balaban J connectivity index is 0.870. The van der Waals surface area contributed by atoms with E-state index in [1.165, 1.54) is 44.6 Å². The molecule has 1 aromatic heterocycles. The number of anilines is 3. The molecule has 2 aromatic carbocycles. The minimum Gasteiger partial charge on any atom is -0.455 e. The molecule has 0 spiro atoms. The number of rotatable bonds is 14. The molecule has 3 saturated heterocycles. The lowest BCUT2D eigenvalue weighted by atomic mass is 9.29. The number of nitrogens with zero attached hydrogens (tertiary/aromatic N) is 4. The number of carbonyl (C=O) groups excluding carboxylic acids is 1. The fourth-order valence-electron chi connectivity index (χ4n) is 11.6. The third-order valence-corrected chi connectivity index (χ3v) is 17.9. The van der Waals surface area contributed by atoms with E-state index in [0.29, 0.717) is 64.0 Å². The summed E-state index contributed by atoms with van der Waals surface area (Å²) in [6.45, 7) is 19.3. The molecule has 14 nitrogen and oxygen atoms in total. The van der Waals surface area contributed by atoms with E-state index in [9.17, 15) is 14.9 Å². The molecule has 1 amide bonds. The summed E-state index contributed by atoms with van der Waals surface area (Å²) in [5.41, 5.74) is 7.59. The lowest BCUT2D eigenvalue weighted by Gasteiger charge is -2.75. The molecule has 3 saturated carbocycles. The zero-order valence-corrected chi connectivity index (χ0v) is 39.0. The average molecular weight is 896 g/mol. The molecule has 5 heterocycles. The predicted molar refractivity (Wildman–Crippen MR) is 250 cm³/mol. The van der Waals surface area contributed by atoms with Crippen molar-refractivity contribution in [3.8, 4) is 11.5 Å². The molecule has 15 heteroatoms. The van der Waals surface area contributed by atoms with Gasteiger partial charge in [-0.15, -0.1) is 0 Å². The van der Waals surface area contributed by atoms with E-state index < -0.39 is 21.6 Å². The maximum Gasteiger partial charge on any atom is 0.294 e. The Morgan fingerprint density at radius 2 is 1.83 bits per heavy atom. The average Bonchev–Trinajstić information content (AvgIpc) is 3.60. The van der Waals surface area contributed by atoms with E-state index in [0.717, 1.165) is 75.1 Å². The molecule has 344 valence electrons. The third kappa shape index (κ3) is 8.13. The van der Waals surface area contributed by atoms with Gasteiger partial charge in [-0.3, -0.25) is 19.8 Å². The fraction of sp³-hybridized carbons (Fsp3) is 0.592. The number of carbonyl (C=O) groups is 1.